The van der Waals surface area contributed by atoms with E-state index in [4.69, 9.17) is 4.42 Å². The second-order valence-electron chi connectivity index (χ2n) is 7.38. The number of nitrogens with zero attached hydrogens (tertiary/aromatic N) is 2. The molecule has 172 valence electrons. The molecule has 34 heavy (non-hydrogen) atoms. The van der Waals surface area contributed by atoms with Gasteiger partial charge in [0.1, 0.15) is 4.90 Å². The third kappa shape index (κ3) is 3.99. The first kappa shape index (κ1) is 22.6. The Morgan fingerprint density at radius 2 is 1.65 bits per heavy atom. The molecular formula is C22H14BrN2O7S2+. The molecule has 2 heterocycles. The Kier molecular flexibility index (Phi) is 5.30. The molecule has 0 bridgehead atoms. The van der Waals surface area contributed by atoms with E-state index >= 15 is 0 Å². The van der Waals surface area contributed by atoms with E-state index in [9.17, 15) is 25.9 Å². The van der Waals surface area contributed by atoms with Gasteiger partial charge < -0.3 is 4.57 Å². The minimum Gasteiger partial charge on any atom is -0.306 e. The molecule has 5 rings (SSSR count). The van der Waals surface area contributed by atoms with E-state index < -0.39 is 30.0 Å². The van der Waals surface area contributed by atoms with Crippen molar-refractivity contribution in [2.75, 3.05) is 0 Å². The molecular weight excluding hydrogens is 548 g/mol. The number of benzene rings is 3. The number of hydrogen-bond donors (Lipinski definition) is 2. The molecule has 9 nitrogen and oxygen atoms in total. The van der Waals surface area contributed by atoms with Crippen LogP contribution in [0, 0.1) is 0 Å². The van der Waals surface area contributed by atoms with Crippen molar-refractivity contribution in [3.63, 3.8) is 0 Å². The summed E-state index contributed by atoms with van der Waals surface area (Å²) in [5.41, 5.74) is 1.98. The molecule has 0 fully saturated rings. The number of rotatable bonds is 4. The average Bonchev–Trinajstić information content (AvgIpc) is 3.30. The average molecular weight is 562 g/mol. The quantitative estimate of drug-likeness (QED) is 0.178. The highest BCUT2D eigenvalue weighted by Gasteiger charge is 2.27. The molecule has 0 aliphatic carbocycles. The normalized spacial score (nSPS) is 12.4. The van der Waals surface area contributed by atoms with Gasteiger partial charge in [0, 0.05) is 39.7 Å². The monoisotopic (exact) mass is 561 g/mol. The molecule has 3 aromatic carbocycles. The molecule has 12 heteroatoms. The summed E-state index contributed by atoms with van der Waals surface area (Å²) >= 11 is 3.39. The second kappa shape index (κ2) is 7.96. The molecule has 0 unspecified atom stereocenters. The van der Waals surface area contributed by atoms with E-state index in [2.05, 4.69) is 20.9 Å². The summed E-state index contributed by atoms with van der Waals surface area (Å²) < 4.78 is 75.9. The summed E-state index contributed by atoms with van der Waals surface area (Å²) in [5, 5.41) is 1.02. The summed E-state index contributed by atoms with van der Waals surface area (Å²) in [5.74, 6) is 0. The van der Waals surface area contributed by atoms with Crippen LogP contribution in [-0.4, -0.2) is 35.5 Å². The van der Waals surface area contributed by atoms with Crippen LogP contribution in [0.3, 0.4) is 0 Å². The zero-order valence-electron chi connectivity index (χ0n) is 17.0. The van der Waals surface area contributed by atoms with Crippen molar-refractivity contribution in [3.05, 3.63) is 77.8 Å². The smallest absolute Gasteiger partial charge is 0.306 e. The molecule has 0 amide bonds. The van der Waals surface area contributed by atoms with Gasteiger partial charge >= 0.3 is 11.2 Å². The lowest BCUT2D eigenvalue weighted by molar-refractivity contribution is 0.481. The third-order valence-corrected chi connectivity index (χ3v) is 7.50. The SMILES string of the molecule is O=S(=O)(O)c1ccc(-c2c3ccc(Br)cc3[o+]c3ccc(-n4ccnc4)cc23)c(S(=O)(=O)O)c1. The molecule has 0 saturated carbocycles. The molecule has 2 aromatic heterocycles. The molecule has 2 N–H and O–H groups in total. The van der Waals surface area contributed by atoms with E-state index in [0.29, 0.717) is 33.2 Å². The van der Waals surface area contributed by atoms with Crippen molar-refractivity contribution in [1.29, 1.82) is 0 Å². The maximum atomic E-state index is 12.3. The van der Waals surface area contributed by atoms with Gasteiger partial charge in [-0.25, -0.2) is 9.40 Å². The third-order valence-electron chi connectivity index (χ3n) is 5.27. The van der Waals surface area contributed by atoms with Crippen LogP contribution in [0.5, 0.6) is 0 Å². The maximum absolute atomic E-state index is 12.3. The van der Waals surface area contributed by atoms with Crippen LogP contribution in [0.1, 0.15) is 0 Å². The Hall–Kier alpha value is -3.16. The first-order valence-corrected chi connectivity index (χ1v) is 13.3. The Morgan fingerprint density at radius 3 is 2.32 bits per heavy atom. The Morgan fingerprint density at radius 1 is 0.853 bits per heavy atom. The highest BCUT2D eigenvalue weighted by Crippen LogP contribution is 2.41. The molecule has 0 saturated heterocycles. The molecule has 0 atom stereocenters. The molecule has 0 spiro atoms. The molecule has 0 radical (unpaired) electrons. The van der Waals surface area contributed by atoms with Gasteiger partial charge in [0.2, 0.25) is 0 Å². The van der Waals surface area contributed by atoms with Crippen molar-refractivity contribution in [1.82, 2.24) is 9.55 Å². The van der Waals surface area contributed by atoms with E-state index in [0.717, 1.165) is 16.6 Å². The van der Waals surface area contributed by atoms with Crippen molar-refractivity contribution in [3.8, 4) is 16.8 Å². The first-order valence-electron chi connectivity index (χ1n) is 9.59. The van der Waals surface area contributed by atoms with Crippen molar-refractivity contribution in [2.24, 2.45) is 0 Å². The first-order chi connectivity index (χ1) is 16.0. The van der Waals surface area contributed by atoms with E-state index in [1.54, 1.807) is 59.7 Å². The zero-order chi connectivity index (χ0) is 24.3. The highest BCUT2D eigenvalue weighted by molar-refractivity contribution is 9.10. The summed E-state index contributed by atoms with van der Waals surface area (Å²) in [6, 6.07) is 13.5. The fourth-order valence-electron chi connectivity index (χ4n) is 3.80. The Balaban J connectivity index is 1.96. The lowest BCUT2D eigenvalue weighted by Crippen LogP contribution is -2.05. The van der Waals surface area contributed by atoms with Crippen molar-refractivity contribution < 1.29 is 30.4 Å². The minimum atomic E-state index is -4.89. The topological polar surface area (TPSA) is 138 Å². The minimum absolute atomic E-state index is 0.0332. The summed E-state index contributed by atoms with van der Waals surface area (Å²) in [6.45, 7) is 0. The fourth-order valence-corrected chi connectivity index (χ4v) is 5.44. The zero-order valence-corrected chi connectivity index (χ0v) is 20.2. The fraction of sp³-hybridized carbons (Fsp3) is 0. The predicted octanol–water partition coefficient (Wildman–Crippen LogP) is 4.98. The van der Waals surface area contributed by atoms with Gasteiger partial charge in [-0.05, 0) is 36.4 Å². The van der Waals surface area contributed by atoms with Crippen LogP contribution in [0.15, 0.2) is 92.0 Å². The van der Waals surface area contributed by atoms with E-state index in [1.165, 1.54) is 6.07 Å². The lowest BCUT2D eigenvalue weighted by atomic mass is 9.96. The number of hydrogen-bond acceptors (Lipinski definition) is 5. The van der Waals surface area contributed by atoms with Gasteiger partial charge in [-0.15, -0.1) is 0 Å². The highest BCUT2D eigenvalue weighted by atomic mass is 79.9. The second-order valence-corrected chi connectivity index (χ2v) is 11.1. The van der Waals surface area contributed by atoms with Crippen LogP contribution in [0.4, 0.5) is 0 Å². The number of aromatic nitrogens is 2. The Bertz CT molecular complexity index is 1820. The van der Waals surface area contributed by atoms with Gasteiger partial charge in [-0.3, -0.25) is 9.11 Å². The molecule has 5 aromatic rings. The van der Waals surface area contributed by atoms with E-state index in [-0.39, 0.29) is 5.56 Å². The van der Waals surface area contributed by atoms with Crippen LogP contribution in [-0.2, 0) is 20.2 Å². The van der Waals surface area contributed by atoms with Crippen molar-refractivity contribution >= 4 is 58.1 Å². The standard InChI is InChI=1S/C22H13BrN2O7S2/c23-13-1-4-16-20(9-13)32-19-6-2-14(25-8-7-24-12-25)10-18(19)22(16)17-5-3-15(33(26,27)28)11-21(17)34(29,30)31/h1-12H,(H-,26,27,28,29,30,31)/p+1. The molecule has 0 aliphatic heterocycles. The largest absolute Gasteiger partial charge is 0.362 e. The van der Waals surface area contributed by atoms with Gasteiger partial charge in [-0.2, -0.15) is 16.8 Å². The summed E-state index contributed by atoms with van der Waals surface area (Å²) in [6.07, 6.45) is 4.94. The van der Waals surface area contributed by atoms with Gasteiger partial charge in [0.15, 0.2) is 0 Å². The van der Waals surface area contributed by atoms with E-state index in [1.807, 2.05) is 0 Å². The van der Waals surface area contributed by atoms with Crippen molar-refractivity contribution in [2.45, 2.75) is 9.79 Å². The van der Waals surface area contributed by atoms with Gasteiger partial charge in [0.05, 0.1) is 28.1 Å². The van der Waals surface area contributed by atoms with Crippen LogP contribution in [0.2, 0.25) is 0 Å². The number of imidazole rings is 1. The summed E-state index contributed by atoms with van der Waals surface area (Å²) in [4.78, 5) is 2.70. The predicted molar refractivity (Wildman–Crippen MR) is 128 cm³/mol. The van der Waals surface area contributed by atoms with Crippen LogP contribution in [0.25, 0.3) is 38.8 Å². The summed E-state index contributed by atoms with van der Waals surface area (Å²) in [7, 11) is -9.62. The Labute approximate surface area is 201 Å². The number of fused-ring (bicyclic) bond motifs is 2. The van der Waals surface area contributed by atoms with Crippen LogP contribution >= 0.6 is 15.9 Å². The molecule has 0 aliphatic rings. The van der Waals surface area contributed by atoms with Crippen LogP contribution < -0.4 is 0 Å². The maximum Gasteiger partial charge on any atom is 0.362 e. The van der Waals surface area contributed by atoms with Gasteiger partial charge in [-0.1, -0.05) is 22.0 Å². The number of halogens is 1. The van der Waals surface area contributed by atoms with Gasteiger partial charge in [0.25, 0.3) is 20.2 Å². The lowest BCUT2D eigenvalue weighted by Gasteiger charge is -2.12.